The Balaban J connectivity index is 2.14. The van der Waals surface area contributed by atoms with Gasteiger partial charge in [0, 0.05) is 5.56 Å². The number of rotatable bonds is 2. The number of aryl methyl sites for hydroxylation is 1. The van der Waals surface area contributed by atoms with Gasteiger partial charge in [-0.25, -0.2) is 4.98 Å². The highest BCUT2D eigenvalue weighted by atomic mass is 32.1. The topological polar surface area (TPSA) is 42.3 Å². The summed E-state index contributed by atoms with van der Waals surface area (Å²) < 4.78 is 1.17. The first-order valence-electron chi connectivity index (χ1n) is 5.58. The largest absolute Gasteiger partial charge is 0.236 e. The van der Waals surface area contributed by atoms with Gasteiger partial charge in [-0.15, -0.1) is 16.2 Å². The molecule has 88 valence electrons. The Morgan fingerprint density at radius 2 is 2.00 bits per heavy atom. The Hall–Kier alpha value is -2.07. The number of benzene rings is 2. The third-order valence-electron chi connectivity index (χ3n) is 2.84. The van der Waals surface area contributed by atoms with E-state index in [9.17, 15) is 4.91 Å². The van der Waals surface area contributed by atoms with Crippen LogP contribution in [0.3, 0.4) is 0 Å². The van der Waals surface area contributed by atoms with E-state index in [4.69, 9.17) is 0 Å². The summed E-state index contributed by atoms with van der Waals surface area (Å²) in [5.41, 5.74) is 3.40. The van der Waals surface area contributed by atoms with Crippen molar-refractivity contribution in [2.24, 2.45) is 5.18 Å². The number of nitroso groups, excluding NO2 is 1. The van der Waals surface area contributed by atoms with E-state index < -0.39 is 0 Å². The van der Waals surface area contributed by atoms with Crippen molar-refractivity contribution in [2.45, 2.75) is 6.92 Å². The van der Waals surface area contributed by atoms with Gasteiger partial charge in [0.15, 0.2) is 0 Å². The molecule has 0 saturated carbocycles. The lowest BCUT2D eigenvalue weighted by Crippen LogP contribution is -1.79. The molecule has 3 rings (SSSR count). The zero-order chi connectivity index (χ0) is 12.5. The normalized spacial score (nSPS) is 10.7. The Morgan fingerprint density at radius 3 is 2.72 bits per heavy atom. The number of hydrogen-bond donors (Lipinski definition) is 0. The van der Waals surface area contributed by atoms with Gasteiger partial charge in [0.2, 0.25) is 0 Å². The number of para-hydroxylation sites is 1. The predicted molar refractivity (Wildman–Crippen MR) is 75.2 cm³/mol. The van der Waals surface area contributed by atoms with Crippen LogP contribution >= 0.6 is 11.3 Å². The molecule has 0 atom stereocenters. The fourth-order valence-corrected chi connectivity index (χ4v) is 2.85. The van der Waals surface area contributed by atoms with E-state index in [-0.39, 0.29) is 0 Å². The first kappa shape index (κ1) is 11.0. The molecule has 0 N–H and O–H groups in total. The summed E-state index contributed by atoms with van der Waals surface area (Å²) in [6.45, 7) is 1.88. The molecule has 0 fully saturated rings. The van der Waals surface area contributed by atoms with E-state index >= 15 is 0 Å². The van der Waals surface area contributed by atoms with E-state index in [0.717, 1.165) is 21.7 Å². The third-order valence-corrected chi connectivity index (χ3v) is 3.92. The summed E-state index contributed by atoms with van der Waals surface area (Å²) in [6, 6.07) is 13.6. The molecule has 0 amide bonds. The fraction of sp³-hybridized carbons (Fsp3) is 0.0714. The molecule has 3 nitrogen and oxygen atoms in total. The molecule has 0 radical (unpaired) electrons. The Bertz CT molecular complexity index is 700. The van der Waals surface area contributed by atoms with Crippen LogP contribution in [0.5, 0.6) is 0 Å². The highest BCUT2D eigenvalue weighted by Crippen LogP contribution is 2.32. The molecule has 1 aromatic heterocycles. The fourth-order valence-electron chi connectivity index (χ4n) is 1.89. The van der Waals surface area contributed by atoms with Gasteiger partial charge < -0.3 is 0 Å². The number of thiazole rings is 1. The lowest BCUT2D eigenvalue weighted by atomic mass is 10.1. The first-order chi connectivity index (χ1) is 8.78. The Kier molecular flexibility index (Phi) is 2.64. The average Bonchev–Trinajstić information content (AvgIpc) is 2.82. The SMILES string of the molecule is Cc1cc(-c2nc3ccccc3s2)ccc1N=O. The van der Waals surface area contributed by atoms with Gasteiger partial charge in [-0.3, -0.25) is 0 Å². The number of hydrogen-bond acceptors (Lipinski definition) is 4. The highest BCUT2D eigenvalue weighted by Gasteiger charge is 2.07. The third kappa shape index (κ3) is 1.80. The maximum atomic E-state index is 10.6. The van der Waals surface area contributed by atoms with Crippen LogP contribution in [0.25, 0.3) is 20.8 Å². The maximum absolute atomic E-state index is 10.6. The zero-order valence-corrected chi connectivity index (χ0v) is 10.6. The van der Waals surface area contributed by atoms with Crippen molar-refractivity contribution in [1.29, 1.82) is 0 Å². The van der Waals surface area contributed by atoms with Gasteiger partial charge in [-0.05, 0) is 48.0 Å². The lowest BCUT2D eigenvalue weighted by Gasteiger charge is -1.99. The molecule has 0 aliphatic heterocycles. The predicted octanol–water partition coefficient (Wildman–Crippen LogP) is 4.67. The molecule has 3 aromatic rings. The Morgan fingerprint density at radius 1 is 1.17 bits per heavy atom. The van der Waals surface area contributed by atoms with Crippen molar-refractivity contribution in [3.63, 3.8) is 0 Å². The van der Waals surface area contributed by atoms with E-state index in [1.807, 2.05) is 37.3 Å². The molecule has 0 aliphatic carbocycles. The molecule has 2 aromatic carbocycles. The molecule has 0 saturated heterocycles. The van der Waals surface area contributed by atoms with Crippen LogP contribution in [0.15, 0.2) is 47.6 Å². The average molecular weight is 254 g/mol. The summed E-state index contributed by atoms with van der Waals surface area (Å²) in [5, 5.41) is 3.95. The van der Waals surface area contributed by atoms with Gasteiger partial charge in [0.05, 0.1) is 10.2 Å². The molecule has 0 aliphatic rings. The maximum Gasteiger partial charge on any atom is 0.124 e. The van der Waals surface area contributed by atoms with E-state index in [1.54, 1.807) is 17.4 Å². The minimum Gasteiger partial charge on any atom is -0.236 e. The Labute approximate surface area is 108 Å². The van der Waals surface area contributed by atoms with Crippen molar-refractivity contribution < 1.29 is 0 Å². The molecular formula is C14H10N2OS. The molecule has 18 heavy (non-hydrogen) atoms. The minimum atomic E-state index is 0.486. The van der Waals surface area contributed by atoms with Crippen molar-refractivity contribution >= 4 is 27.2 Å². The van der Waals surface area contributed by atoms with Crippen LogP contribution in [0.2, 0.25) is 0 Å². The number of aromatic nitrogens is 1. The molecule has 0 bridgehead atoms. The highest BCUT2D eigenvalue weighted by molar-refractivity contribution is 7.21. The van der Waals surface area contributed by atoms with Gasteiger partial charge >= 0.3 is 0 Å². The summed E-state index contributed by atoms with van der Waals surface area (Å²) in [4.78, 5) is 15.1. The van der Waals surface area contributed by atoms with Crippen LogP contribution in [-0.2, 0) is 0 Å². The summed E-state index contributed by atoms with van der Waals surface area (Å²) in [6.07, 6.45) is 0. The first-order valence-corrected chi connectivity index (χ1v) is 6.39. The lowest BCUT2D eigenvalue weighted by molar-refractivity contribution is 1.37. The van der Waals surface area contributed by atoms with E-state index in [2.05, 4.69) is 16.2 Å². The van der Waals surface area contributed by atoms with Crippen molar-refractivity contribution in [3.05, 3.63) is 52.9 Å². The molecule has 1 heterocycles. The van der Waals surface area contributed by atoms with Gasteiger partial charge in [0.1, 0.15) is 10.7 Å². The second-order valence-corrected chi connectivity index (χ2v) is 5.11. The quantitative estimate of drug-likeness (QED) is 0.623. The van der Waals surface area contributed by atoms with Crippen molar-refractivity contribution in [1.82, 2.24) is 4.98 Å². The smallest absolute Gasteiger partial charge is 0.124 e. The van der Waals surface area contributed by atoms with Gasteiger partial charge in [-0.2, -0.15) is 0 Å². The second kappa shape index (κ2) is 4.31. The van der Waals surface area contributed by atoms with Crippen LogP contribution in [0, 0.1) is 11.8 Å². The van der Waals surface area contributed by atoms with E-state index in [1.165, 1.54) is 4.70 Å². The van der Waals surface area contributed by atoms with Gasteiger partial charge in [-0.1, -0.05) is 12.1 Å². The van der Waals surface area contributed by atoms with Crippen molar-refractivity contribution in [3.8, 4) is 10.6 Å². The number of fused-ring (bicyclic) bond motifs is 1. The molecule has 0 unspecified atom stereocenters. The summed E-state index contributed by atoms with van der Waals surface area (Å²) >= 11 is 1.65. The zero-order valence-electron chi connectivity index (χ0n) is 9.75. The number of nitrogens with zero attached hydrogens (tertiary/aromatic N) is 2. The van der Waals surface area contributed by atoms with Crippen LogP contribution in [0.1, 0.15) is 5.56 Å². The van der Waals surface area contributed by atoms with Crippen LogP contribution in [-0.4, -0.2) is 4.98 Å². The van der Waals surface area contributed by atoms with Crippen LogP contribution in [0.4, 0.5) is 5.69 Å². The van der Waals surface area contributed by atoms with Crippen LogP contribution < -0.4 is 0 Å². The second-order valence-electron chi connectivity index (χ2n) is 4.08. The summed E-state index contributed by atoms with van der Waals surface area (Å²) in [7, 11) is 0. The summed E-state index contributed by atoms with van der Waals surface area (Å²) in [5.74, 6) is 0. The molecular weight excluding hydrogens is 244 g/mol. The van der Waals surface area contributed by atoms with Crippen molar-refractivity contribution in [2.75, 3.05) is 0 Å². The monoisotopic (exact) mass is 254 g/mol. The standard InChI is InChI=1S/C14H10N2OS/c1-9-8-10(6-7-11(9)16-17)14-15-12-4-2-3-5-13(12)18-14/h2-8H,1H3. The van der Waals surface area contributed by atoms with Gasteiger partial charge in [0.25, 0.3) is 0 Å². The minimum absolute atomic E-state index is 0.486. The molecule has 0 spiro atoms. The molecule has 4 heteroatoms. The van der Waals surface area contributed by atoms with E-state index in [0.29, 0.717) is 5.69 Å².